The van der Waals surface area contributed by atoms with Crippen molar-refractivity contribution in [2.45, 2.75) is 77.5 Å². The lowest BCUT2D eigenvalue weighted by Crippen LogP contribution is -2.39. The maximum atomic E-state index is 5.83. The van der Waals surface area contributed by atoms with Gasteiger partial charge in [-0.15, -0.1) is 0 Å². The molecule has 1 aliphatic heterocycles. The van der Waals surface area contributed by atoms with E-state index in [2.05, 4.69) is 26.1 Å². The summed E-state index contributed by atoms with van der Waals surface area (Å²) < 4.78 is 5.83. The third-order valence-electron chi connectivity index (χ3n) is 4.29. The summed E-state index contributed by atoms with van der Waals surface area (Å²) in [5.74, 6) is 0. The van der Waals surface area contributed by atoms with Gasteiger partial charge in [-0.2, -0.15) is 0 Å². The van der Waals surface area contributed by atoms with Gasteiger partial charge in [0.1, 0.15) is 0 Å². The molecule has 2 unspecified atom stereocenters. The zero-order chi connectivity index (χ0) is 11.6. The minimum atomic E-state index is 0.477. The second-order valence-electron chi connectivity index (χ2n) is 6.49. The first-order valence-electron chi connectivity index (χ1n) is 6.94. The minimum Gasteiger partial charge on any atom is -0.374 e. The van der Waals surface area contributed by atoms with Gasteiger partial charge in [-0.1, -0.05) is 13.8 Å². The molecule has 0 aromatic rings. The van der Waals surface area contributed by atoms with Gasteiger partial charge in [0.15, 0.2) is 0 Å². The fourth-order valence-corrected chi connectivity index (χ4v) is 2.94. The largest absolute Gasteiger partial charge is 0.374 e. The van der Waals surface area contributed by atoms with Gasteiger partial charge in [0, 0.05) is 12.6 Å². The molecule has 1 aliphatic carbocycles. The molecule has 0 amide bonds. The monoisotopic (exact) mass is 225 g/mol. The minimum absolute atomic E-state index is 0.477. The fraction of sp³-hybridized carbons (Fsp3) is 1.00. The van der Waals surface area contributed by atoms with Crippen LogP contribution in [0.3, 0.4) is 0 Å². The third-order valence-corrected chi connectivity index (χ3v) is 4.29. The Labute approximate surface area is 100 Å². The predicted octanol–water partition coefficient (Wildman–Crippen LogP) is 3.11. The summed E-state index contributed by atoms with van der Waals surface area (Å²) in [5.41, 5.74) is 0.580. The van der Waals surface area contributed by atoms with Gasteiger partial charge in [0.05, 0.1) is 12.2 Å². The summed E-state index contributed by atoms with van der Waals surface area (Å²) in [6.45, 7) is 8.04. The van der Waals surface area contributed by atoms with E-state index in [9.17, 15) is 0 Å². The molecule has 0 spiro atoms. The molecular weight excluding hydrogens is 198 g/mol. The van der Waals surface area contributed by atoms with Crippen LogP contribution >= 0.6 is 0 Å². The molecule has 0 bridgehead atoms. The van der Waals surface area contributed by atoms with Crippen molar-refractivity contribution in [1.29, 1.82) is 0 Å². The smallest absolute Gasteiger partial charge is 0.0704 e. The molecule has 2 aliphatic rings. The first-order valence-corrected chi connectivity index (χ1v) is 6.94. The Morgan fingerprint density at radius 2 is 1.81 bits per heavy atom. The van der Waals surface area contributed by atoms with Crippen LogP contribution in [0.1, 0.15) is 59.3 Å². The van der Waals surface area contributed by atoms with E-state index in [0.717, 1.165) is 12.6 Å². The van der Waals surface area contributed by atoms with Gasteiger partial charge in [-0.05, 0) is 50.9 Å². The van der Waals surface area contributed by atoms with Gasteiger partial charge < -0.3 is 10.1 Å². The molecule has 94 valence electrons. The molecule has 1 saturated heterocycles. The van der Waals surface area contributed by atoms with Crippen molar-refractivity contribution in [2.24, 2.45) is 5.41 Å². The van der Waals surface area contributed by atoms with Crippen molar-refractivity contribution < 1.29 is 4.74 Å². The number of nitrogens with one attached hydrogen (secondary N) is 1. The lowest BCUT2D eigenvalue weighted by molar-refractivity contribution is 0.0522. The van der Waals surface area contributed by atoms with Crippen molar-refractivity contribution in [3.05, 3.63) is 0 Å². The van der Waals surface area contributed by atoms with Gasteiger partial charge in [0.2, 0.25) is 0 Å². The van der Waals surface area contributed by atoms with Crippen LogP contribution in [0.15, 0.2) is 0 Å². The first kappa shape index (κ1) is 12.4. The van der Waals surface area contributed by atoms with E-state index >= 15 is 0 Å². The van der Waals surface area contributed by atoms with Crippen LogP contribution in [-0.4, -0.2) is 24.8 Å². The summed E-state index contributed by atoms with van der Waals surface area (Å²) in [4.78, 5) is 0. The molecule has 16 heavy (non-hydrogen) atoms. The Bertz CT molecular complexity index is 217. The molecule has 1 heterocycles. The van der Waals surface area contributed by atoms with Gasteiger partial charge in [-0.3, -0.25) is 0 Å². The van der Waals surface area contributed by atoms with E-state index < -0.39 is 0 Å². The Balaban J connectivity index is 1.64. The van der Waals surface area contributed by atoms with Crippen LogP contribution < -0.4 is 5.32 Å². The van der Waals surface area contributed by atoms with E-state index in [1.807, 2.05) is 0 Å². The maximum Gasteiger partial charge on any atom is 0.0704 e. The molecular formula is C14H27NO. The normalized spacial score (nSPS) is 35.4. The van der Waals surface area contributed by atoms with Crippen LogP contribution in [0.4, 0.5) is 0 Å². The summed E-state index contributed by atoms with van der Waals surface area (Å²) in [7, 11) is 0. The number of hydrogen-bond acceptors (Lipinski definition) is 2. The van der Waals surface area contributed by atoms with Crippen LogP contribution in [-0.2, 0) is 4.74 Å². The van der Waals surface area contributed by atoms with E-state index in [-0.39, 0.29) is 0 Å². The van der Waals surface area contributed by atoms with Crippen molar-refractivity contribution in [3.8, 4) is 0 Å². The highest BCUT2D eigenvalue weighted by molar-refractivity contribution is 4.83. The topological polar surface area (TPSA) is 21.3 Å². The fourth-order valence-electron chi connectivity index (χ4n) is 2.94. The molecule has 2 heteroatoms. The Morgan fingerprint density at radius 3 is 2.38 bits per heavy atom. The number of rotatable bonds is 3. The summed E-state index contributed by atoms with van der Waals surface area (Å²) in [6.07, 6.45) is 8.86. The number of ether oxygens (including phenoxy) is 1. The zero-order valence-electron chi connectivity index (χ0n) is 11.1. The Hall–Kier alpha value is -0.0800. The highest BCUT2D eigenvalue weighted by Crippen LogP contribution is 2.35. The molecule has 1 N–H and O–H groups in total. The third kappa shape index (κ3) is 3.46. The Morgan fingerprint density at radius 1 is 1.12 bits per heavy atom. The SMILES string of the molecule is CC1CCC(CNC2CCC(C)(C)CC2)O1. The standard InChI is InChI=1S/C14H27NO/c1-11-4-5-13(16-11)10-15-12-6-8-14(2,3)9-7-12/h11-13,15H,4-10H2,1-3H3. The molecule has 1 saturated carbocycles. The van der Waals surface area contributed by atoms with Crippen LogP contribution in [0.25, 0.3) is 0 Å². The second kappa shape index (κ2) is 5.05. The molecule has 2 rings (SSSR count). The second-order valence-corrected chi connectivity index (χ2v) is 6.49. The zero-order valence-corrected chi connectivity index (χ0v) is 11.1. The lowest BCUT2D eigenvalue weighted by atomic mass is 9.75. The van der Waals surface area contributed by atoms with Gasteiger partial charge in [-0.25, -0.2) is 0 Å². The lowest BCUT2D eigenvalue weighted by Gasteiger charge is -2.35. The van der Waals surface area contributed by atoms with E-state index in [1.165, 1.54) is 38.5 Å². The first-order chi connectivity index (χ1) is 7.55. The molecule has 0 aromatic carbocycles. The van der Waals surface area contributed by atoms with Crippen molar-refractivity contribution in [2.75, 3.05) is 6.54 Å². The Kier molecular flexibility index (Phi) is 3.91. The average molecular weight is 225 g/mol. The molecule has 0 aromatic heterocycles. The van der Waals surface area contributed by atoms with Crippen molar-refractivity contribution in [1.82, 2.24) is 5.32 Å². The van der Waals surface area contributed by atoms with Gasteiger partial charge in [0.25, 0.3) is 0 Å². The van der Waals surface area contributed by atoms with Crippen LogP contribution in [0.2, 0.25) is 0 Å². The molecule has 2 nitrogen and oxygen atoms in total. The summed E-state index contributed by atoms with van der Waals surface area (Å²) >= 11 is 0. The van der Waals surface area contributed by atoms with Gasteiger partial charge >= 0.3 is 0 Å². The summed E-state index contributed by atoms with van der Waals surface area (Å²) in [6, 6.07) is 0.743. The number of hydrogen-bond donors (Lipinski definition) is 1. The van der Waals surface area contributed by atoms with E-state index in [4.69, 9.17) is 4.74 Å². The maximum absolute atomic E-state index is 5.83. The quantitative estimate of drug-likeness (QED) is 0.797. The molecule has 0 radical (unpaired) electrons. The van der Waals surface area contributed by atoms with E-state index in [1.54, 1.807) is 0 Å². The van der Waals surface area contributed by atoms with Crippen LogP contribution in [0.5, 0.6) is 0 Å². The average Bonchev–Trinajstić information content (AvgIpc) is 2.63. The molecule has 2 atom stereocenters. The predicted molar refractivity (Wildman–Crippen MR) is 67.6 cm³/mol. The molecule has 2 fully saturated rings. The van der Waals surface area contributed by atoms with E-state index in [0.29, 0.717) is 17.6 Å². The van der Waals surface area contributed by atoms with Crippen molar-refractivity contribution >= 4 is 0 Å². The van der Waals surface area contributed by atoms with Crippen molar-refractivity contribution in [3.63, 3.8) is 0 Å². The highest BCUT2D eigenvalue weighted by Gasteiger charge is 2.28. The summed E-state index contributed by atoms with van der Waals surface area (Å²) in [5, 5.41) is 3.70. The highest BCUT2D eigenvalue weighted by atomic mass is 16.5. The van der Waals surface area contributed by atoms with Crippen LogP contribution in [0, 0.1) is 5.41 Å².